The van der Waals surface area contributed by atoms with Crippen molar-refractivity contribution in [2.45, 2.75) is 0 Å². The Labute approximate surface area is 138 Å². The van der Waals surface area contributed by atoms with Gasteiger partial charge in [0.05, 0.1) is 5.56 Å². The van der Waals surface area contributed by atoms with Crippen LogP contribution in [0, 0.1) is 0 Å². The van der Waals surface area contributed by atoms with Crippen LogP contribution in [-0.4, -0.2) is 21.3 Å². The van der Waals surface area contributed by atoms with Gasteiger partial charge in [0.1, 0.15) is 5.01 Å². The molecule has 0 aliphatic carbocycles. The first-order chi connectivity index (χ1) is 10.6. The van der Waals surface area contributed by atoms with E-state index in [2.05, 4.69) is 31.4 Å². The average Bonchev–Trinajstić information content (AvgIpc) is 2.96. The van der Waals surface area contributed by atoms with Gasteiger partial charge >= 0.3 is 5.97 Å². The number of aromatic nitrogens is 2. The van der Waals surface area contributed by atoms with Gasteiger partial charge < -0.3 is 10.4 Å². The number of aromatic carboxylic acids is 1. The Morgan fingerprint density at radius 1 is 1.14 bits per heavy atom. The molecule has 0 unspecified atom stereocenters. The van der Waals surface area contributed by atoms with Crippen molar-refractivity contribution >= 4 is 44.1 Å². The summed E-state index contributed by atoms with van der Waals surface area (Å²) in [6, 6.07) is 14.4. The van der Waals surface area contributed by atoms with Gasteiger partial charge in [-0.25, -0.2) is 4.79 Å². The van der Waals surface area contributed by atoms with Crippen LogP contribution in [0.4, 0.5) is 10.8 Å². The molecule has 5 nitrogen and oxygen atoms in total. The molecule has 7 heteroatoms. The molecule has 0 saturated carbocycles. The summed E-state index contributed by atoms with van der Waals surface area (Å²) in [5, 5.41) is 21.7. The van der Waals surface area contributed by atoms with Crippen molar-refractivity contribution in [2.75, 3.05) is 5.32 Å². The number of hydrogen-bond donors (Lipinski definition) is 2. The molecule has 2 aromatic carbocycles. The zero-order valence-corrected chi connectivity index (χ0v) is 13.6. The first-order valence-corrected chi connectivity index (χ1v) is 7.92. The fourth-order valence-corrected chi connectivity index (χ4v) is 3.02. The van der Waals surface area contributed by atoms with E-state index in [1.807, 2.05) is 30.3 Å². The van der Waals surface area contributed by atoms with Crippen LogP contribution in [-0.2, 0) is 0 Å². The van der Waals surface area contributed by atoms with E-state index >= 15 is 0 Å². The highest BCUT2D eigenvalue weighted by Gasteiger charge is 2.10. The van der Waals surface area contributed by atoms with E-state index in [9.17, 15) is 4.79 Å². The third kappa shape index (κ3) is 3.32. The lowest BCUT2D eigenvalue weighted by molar-refractivity contribution is 0.0697. The van der Waals surface area contributed by atoms with Crippen LogP contribution >= 0.6 is 27.3 Å². The van der Waals surface area contributed by atoms with Crippen LogP contribution in [0.1, 0.15) is 10.4 Å². The molecule has 0 atom stereocenters. The van der Waals surface area contributed by atoms with Crippen molar-refractivity contribution < 1.29 is 9.90 Å². The van der Waals surface area contributed by atoms with Crippen LogP contribution in [0.2, 0.25) is 0 Å². The highest BCUT2D eigenvalue weighted by molar-refractivity contribution is 9.10. The molecule has 0 fully saturated rings. The van der Waals surface area contributed by atoms with Crippen molar-refractivity contribution in [1.82, 2.24) is 10.2 Å². The van der Waals surface area contributed by atoms with Crippen molar-refractivity contribution in [3.63, 3.8) is 0 Å². The van der Waals surface area contributed by atoms with Crippen molar-refractivity contribution in [2.24, 2.45) is 0 Å². The molecule has 3 aromatic rings. The Bertz CT molecular complexity index is 835. The third-order valence-electron chi connectivity index (χ3n) is 2.86. The van der Waals surface area contributed by atoms with Crippen molar-refractivity contribution in [3.8, 4) is 10.6 Å². The number of hydrogen-bond acceptors (Lipinski definition) is 5. The number of nitrogens with one attached hydrogen (secondary N) is 1. The lowest BCUT2D eigenvalue weighted by Crippen LogP contribution is -1.95. The Morgan fingerprint density at radius 2 is 1.95 bits per heavy atom. The quantitative estimate of drug-likeness (QED) is 0.706. The second-order valence-corrected chi connectivity index (χ2v) is 6.33. The SMILES string of the molecule is O=C(O)c1cccc(-c2nnc(Nc3cccc(Br)c3)s2)c1. The molecule has 0 aliphatic rings. The van der Waals surface area contributed by atoms with Crippen molar-refractivity contribution in [1.29, 1.82) is 0 Å². The third-order valence-corrected chi connectivity index (χ3v) is 4.24. The van der Waals surface area contributed by atoms with Crippen LogP contribution in [0.15, 0.2) is 53.0 Å². The number of anilines is 2. The summed E-state index contributed by atoms with van der Waals surface area (Å²) < 4.78 is 0.969. The van der Waals surface area contributed by atoms with Gasteiger partial charge in [0, 0.05) is 15.7 Å². The largest absolute Gasteiger partial charge is 0.478 e. The lowest BCUT2D eigenvalue weighted by Gasteiger charge is -2.01. The first kappa shape index (κ1) is 14.7. The summed E-state index contributed by atoms with van der Waals surface area (Å²) in [5.41, 5.74) is 1.87. The number of benzene rings is 2. The summed E-state index contributed by atoms with van der Waals surface area (Å²) in [7, 11) is 0. The maximum absolute atomic E-state index is 11.0. The first-order valence-electron chi connectivity index (χ1n) is 6.31. The molecule has 1 heterocycles. The zero-order chi connectivity index (χ0) is 15.5. The van der Waals surface area contributed by atoms with E-state index in [4.69, 9.17) is 5.11 Å². The predicted octanol–water partition coefficient (Wildman–Crippen LogP) is 4.41. The fraction of sp³-hybridized carbons (Fsp3) is 0. The Morgan fingerprint density at radius 3 is 2.73 bits per heavy atom. The Balaban J connectivity index is 1.84. The number of carboxylic acid groups (broad SMARTS) is 1. The molecule has 3 rings (SSSR count). The topological polar surface area (TPSA) is 75.1 Å². The highest BCUT2D eigenvalue weighted by atomic mass is 79.9. The molecule has 0 amide bonds. The summed E-state index contributed by atoms with van der Waals surface area (Å²) >= 11 is 4.78. The maximum atomic E-state index is 11.0. The van der Waals surface area contributed by atoms with Gasteiger partial charge in [-0.1, -0.05) is 45.5 Å². The summed E-state index contributed by atoms with van der Waals surface area (Å²) in [6.45, 7) is 0. The molecule has 0 aliphatic heterocycles. The second kappa shape index (κ2) is 6.25. The molecular weight excluding hydrogens is 366 g/mol. The van der Waals surface area contributed by atoms with Crippen LogP contribution in [0.25, 0.3) is 10.6 Å². The monoisotopic (exact) mass is 375 g/mol. The Hall–Kier alpha value is -2.25. The Kier molecular flexibility index (Phi) is 4.17. The summed E-state index contributed by atoms with van der Waals surface area (Å²) in [4.78, 5) is 11.0. The van der Waals surface area contributed by atoms with E-state index in [0.29, 0.717) is 10.1 Å². The molecule has 0 radical (unpaired) electrons. The van der Waals surface area contributed by atoms with Gasteiger partial charge in [-0.05, 0) is 30.3 Å². The van der Waals surface area contributed by atoms with Crippen LogP contribution in [0.3, 0.4) is 0 Å². The smallest absolute Gasteiger partial charge is 0.335 e. The lowest BCUT2D eigenvalue weighted by atomic mass is 10.1. The molecule has 22 heavy (non-hydrogen) atoms. The minimum absolute atomic E-state index is 0.231. The summed E-state index contributed by atoms with van der Waals surface area (Å²) in [5.74, 6) is -0.959. The normalized spacial score (nSPS) is 10.4. The van der Waals surface area contributed by atoms with E-state index in [-0.39, 0.29) is 5.56 Å². The molecule has 0 saturated heterocycles. The van der Waals surface area contributed by atoms with E-state index in [1.54, 1.807) is 18.2 Å². The van der Waals surface area contributed by atoms with Crippen LogP contribution in [0.5, 0.6) is 0 Å². The van der Waals surface area contributed by atoms with E-state index in [0.717, 1.165) is 15.7 Å². The minimum atomic E-state index is -0.959. The molecule has 0 spiro atoms. The fourth-order valence-electron chi connectivity index (χ4n) is 1.87. The molecule has 110 valence electrons. The highest BCUT2D eigenvalue weighted by Crippen LogP contribution is 2.29. The molecule has 2 N–H and O–H groups in total. The van der Waals surface area contributed by atoms with E-state index < -0.39 is 5.97 Å². The van der Waals surface area contributed by atoms with Gasteiger partial charge in [0.2, 0.25) is 5.13 Å². The van der Waals surface area contributed by atoms with Gasteiger partial charge in [0.25, 0.3) is 0 Å². The van der Waals surface area contributed by atoms with Gasteiger partial charge in [-0.15, -0.1) is 10.2 Å². The van der Waals surface area contributed by atoms with Crippen LogP contribution < -0.4 is 5.32 Å². The number of nitrogens with zero attached hydrogens (tertiary/aromatic N) is 2. The number of halogens is 1. The minimum Gasteiger partial charge on any atom is -0.478 e. The molecular formula is C15H10BrN3O2S. The molecule has 0 bridgehead atoms. The summed E-state index contributed by atoms with van der Waals surface area (Å²) in [6.07, 6.45) is 0. The average molecular weight is 376 g/mol. The second-order valence-electron chi connectivity index (χ2n) is 4.43. The molecule has 1 aromatic heterocycles. The van der Waals surface area contributed by atoms with Gasteiger partial charge in [-0.3, -0.25) is 0 Å². The predicted molar refractivity (Wildman–Crippen MR) is 89.7 cm³/mol. The number of carbonyl (C=O) groups is 1. The van der Waals surface area contributed by atoms with Gasteiger partial charge in [0.15, 0.2) is 0 Å². The zero-order valence-electron chi connectivity index (χ0n) is 11.2. The number of carboxylic acids is 1. The van der Waals surface area contributed by atoms with Gasteiger partial charge in [-0.2, -0.15) is 0 Å². The van der Waals surface area contributed by atoms with Crippen molar-refractivity contribution in [3.05, 3.63) is 58.6 Å². The maximum Gasteiger partial charge on any atom is 0.335 e. The number of rotatable bonds is 4. The standard InChI is InChI=1S/C15H10BrN3O2S/c16-11-5-2-6-12(8-11)17-15-19-18-13(22-15)9-3-1-4-10(7-9)14(20)21/h1-8H,(H,17,19)(H,20,21). The van der Waals surface area contributed by atoms with E-state index in [1.165, 1.54) is 11.3 Å².